The van der Waals surface area contributed by atoms with Crippen LogP contribution in [0, 0.1) is 5.41 Å². The first-order chi connectivity index (χ1) is 18.4. The number of rotatable bonds is 5. The van der Waals surface area contributed by atoms with Crippen LogP contribution < -0.4 is 16.4 Å². The number of aromatic nitrogens is 4. The molecule has 2 aliphatic rings. The molecule has 4 N–H and O–H groups in total. The summed E-state index contributed by atoms with van der Waals surface area (Å²) in [6, 6.07) is 5.33. The maximum atomic E-state index is 13.3. The molecule has 1 aliphatic heterocycles. The highest BCUT2D eigenvalue weighted by atomic mass is 19.4. The molecule has 9 nitrogen and oxygen atoms in total. The van der Waals surface area contributed by atoms with Gasteiger partial charge in [-0.05, 0) is 69.1 Å². The second-order valence-corrected chi connectivity index (χ2v) is 11.2. The predicted molar refractivity (Wildman–Crippen MR) is 144 cm³/mol. The minimum absolute atomic E-state index is 0.137. The van der Waals surface area contributed by atoms with Gasteiger partial charge in [-0.15, -0.1) is 0 Å². The van der Waals surface area contributed by atoms with Crippen molar-refractivity contribution in [3.63, 3.8) is 0 Å². The number of nitrogens with one attached hydrogen (secondary N) is 2. The number of anilines is 3. The summed E-state index contributed by atoms with van der Waals surface area (Å²) in [6.45, 7) is 8.06. The van der Waals surface area contributed by atoms with Gasteiger partial charge in [0.15, 0.2) is 5.65 Å². The number of imidazole rings is 1. The van der Waals surface area contributed by atoms with Crippen molar-refractivity contribution in [1.82, 2.24) is 19.5 Å². The molecule has 39 heavy (non-hydrogen) atoms. The molecule has 0 spiro atoms. The number of hydrogen-bond donors (Lipinski definition) is 3. The highest BCUT2D eigenvalue weighted by Crippen LogP contribution is 2.43. The highest BCUT2D eigenvalue weighted by molar-refractivity contribution is 5.76. The fourth-order valence-corrected chi connectivity index (χ4v) is 5.15. The summed E-state index contributed by atoms with van der Waals surface area (Å²) in [4.78, 5) is 22.7. The lowest BCUT2D eigenvalue weighted by molar-refractivity contribution is -0.137. The van der Waals surface area contributed by atoms with E-state index in [9.17, 15) is 13.2 Å². The number of hydrogen-bond acceptors (Lipinski definition) is 7. The van der Waals surface area contributed by atoms with E-state index in [0.29, 0.717) is 42.0 Å². The zero-order valence-electron chi connectivity index (χ0n) is 22.5. The molecule has 1 aromatic carbocycles. The zero-order chi connectivity index (χ0) is 28.3. The number of amides is 1. The van der Waals surface area contributed by atoms with E-state index in [4.69, 9.17) is 19.5 Å². The van der Waals surface area contributed by atoms with E-state index in [1.807, 2.05) is 0 Å². The Hall–Kier alpha value is -3.41. The molecule has 1 saturated heterocycles. The summed E-state index contributed by atoms with van der Waals surface area (Å²) >= 11 is 0. The van der Waals surface area contributed by atoms with E-state index >= 15 is 0 Å². The molecule has 0 atom stereocenters. The lowest BCUT2D eigenvalue weighted by Crippen LogP contribution is -2.41. The molecular formula is C27H36F3N7O2. The molecule has 0 unspecified atom stereocenters. The Morgan fingerprint density at radius 2 is 1.77 bits per heavy atom. The number of primary amides is 1. The smallest absolute Gasteiger partial charge is 0.381 e. The van der Waals surface area contributed by atoms with Crippen molar-refractivity contribution in [3.05, 3.63) is 36.0 Å². The minimum atomic E-state index is -4.42. The van der Waals surface area contributed by atoms with Gasteiger partial charge < -0.3 is 21.1 Å². The first-order valence-corrected chi connectivity index (χ1v) is 13.1. The number of halogens is 3. The van der Waals surface area contributed by atoms with Gasteiger partial charge in [-0.2, -0.15) is 18.2 Å². The van der Waals surface area contributed by atoms with Gasteiger partial charge in [0.1, 0.15) is 5.52 Å². The average Bonchev–Trinajstić information content (AvgIpc) is 3.21. The minimum Gasteiger partial charge on any atom is -0.381 e. The molecule has 3 heterocycles. The number of alkyl halides is 3. The Balaban J connectivity index is 0.00000112. The zero-order valence-corrected chi connectivity index (χ0v) is 22.5. The van der Waals surface area contributed by atoms with Crippen LogP contribution >= 0.6 is 0 Å². The molecule has 0 radical (unpaired) electrons. The standard InChI is InChI=1S/C26H33F3N6O.CH3NO/c1-24(2)9-7-19(8-10-24)35-21-20(16-30-22(33-21)34-25(3)11-13-36-14-12-25)32-23(35)31-18-6-4-5-17(15-18)26(27,28)29;2-1-3/h4-6,15-16,19H,7-14H2,1-3H3,(H,31,32)(H,30,33,34);1H,(H2,2,3). The number of carbonyl (C=O) groups excluding carboxylic acids is 1. The number of nitrogens with zero attached hydrogens (tertiary/aromatic N) is 4. The molecule has 1 saturated carbocycles. The normalized spacial score (nSPS) is 19.1. The van der Waals surface area contributed by atoms with E-state index in [2.05, 4.69) is 46.7 Å². The quantitative estimate of drug-likeness (QED) is 0.345. The van der Waals surface area contributed by atoms with E-state index in [-0.39, 0.29) is 23.4 Å². The fourth-order valence-electron chi connectivity index (χ4n) is 5.15. The first kappa shape index (κ1) is 28.6. The van der Waals surface area contributed by atoms with Gasteiger partial charge in [0.05, 0.1) is 11.8 Å². The Morgan fingerprint density at radius 3 is 2.41 bits per heavy atom. The van der Waals surface area contributed by atoms with Gasteiger partial charge in [0.2, 0.25) is 18.3 Å². The molecule has 1 aliphatic carbocycles. The molecule has 2 aromatic heterocycles. The van der Waals surface area contributed by atoms with Crippen molar-refractivity contribution < 1.29 is 22.7 Å². The van der Waals surface area contributed by atoms with Gasteiger partial charge in [0.25, 0.3) is 0 Å². The van der Waals surface area contributed by atoms with Crippen molar-refractivity contribution in [3.8, 4) is 0 Å². The SMILES string of the molecule is CC1(C)CCC(n2c(Nc3cccc(C(F)(F)F)c3)nc3cnc(NC4(C)CCOCC4)nc32)CC1.NC=O. The molecule has 5 rings (SSSR count). The maximum absolute atomic E-state index is 13.3. The number of ether oxygens (including phenoxy) is 1. The van der Waals surface area contributed by atoms with E-state index in [1.54, 1.807) is 12.3 Å². The third-order valence-corrected chi connectivity index (χ3v) is 7.56. The average molecular weight is 548 g/mol. The van der Waals surface area contributed by atoms with E-state index in [0.717, 1.165) is 50.7 Å². The molecule has 1 amide bonds. The molecular weight excluding hydrogens is 511 g/mol. The second kappa shape index (κ2) is 11.4. The van der Waals surface area contributed by atoms with E-state index < -0.39 is 11.7 Å². The van der Waals surface area contributed by atoms with Crippen LogP contribution in [-0.4, -0.2) is 44.7 Å². The van der Waals surface area contributed by atoms with Crippen LogP contribution in [0.5, 0.6) is 0 Å². The van der Waals surface area contributed by atoms with Crippen molar-refractivity contribution in [2.75, 3.05) is 23.8 Å². The lowest BCUT2D eigenvalue weighted by atomic mass is 9.75. The monoisotopic (exact) mass is 547 g/mol. The topological polar surface area (TPSA) is 120 Å². The van der Waals surface area contributed by atoms with Crippen LogP contribution in [0.4, 0.5) is 30.8 Å². The fraction of sp³-hybridized carbons (Fsp3) is 0.556. The third kappa shape index (κ3) is 6.97. The summed E-state index contributed by atoms with van der Waals surface area (Å²) in [5, 5.41) is 6.63. The van der Waals surface area contributed by atoms with Crippen molar-refractivity contribution in [1.29, 1.82) is 0 Å². The predicted octanol–water partition coefficient (Wildman–Crippen LogP) is 5.81. The van der Waals surface area contributed by atoms with Crippen LogP contribution in [0.2, 0.25) is 0 Å². The first-order valence-electron chi connectivity index (χ1n) is 13.1. The van der Waals surface area contributed by atoms with Gasteiger partial charge in [-0.25, -0.2) is 9.97 Å². The second-order valence-electron chi connectivity index (χ2n) is 11.2. The van der Waals surface area contributed by atoms with Gasteiger partial charge in [0, 0.05) is 30.5 Å². The number of benzene rings is 1. The number of fused-ring (bicyclic) bond motifs is 1. The van der Waals surface area contributed by atoms with Crippen LogP contribution in [-0.2, 0) is 15.7 Å². The molecule has 3 aromatic rings. The van der Waals surface area contributed by atoms with Crippen LogP contribution in [0.1, 0.15) is 70.9 Å². The highest BCUT2D eigenvalue weighted by Gasteiger charge is 2.33. The maximum Gasteiger partial charge on any atom is 0.416 e. The summed E-state index contributed by atoms with van der Waals surface area (Å²) in [6.07, 6.45) is 3.22. The number of nitrogens with two attached hydrogens (primary N) is 1. The van der Waals surface area contributed by atoms with Gasteiger partial charge >= 0.3 is 6.18 Å². The molecule has 212 valence electrons. The lowest BCUT2D eigenvalue weighted by Gasteiger charge is -2.35. The molecule has 2 fully saturated rings. The molecule has 0 bridgehead atoms. The van der Waals surface area contributed by atoms with Gasteiger partial charge in [-0.3, -0.25) is 9.36 Å². The van der Waals surface area contributed by atoms with Crippen LogP contribution in [0.3, 0.4) is 0 Å². The summed E-state index contributed by atoms with van der Waals surface area (Å²) in [5.74, 6) is 1.01. The van der Waals surface area contributed by atoms with Crippen molar-refractivity contribution in [2.45, 2.75) is 77.1 Å². The van der Waals surface area contributed by atoms with Crippen LogP contribution in [0.25, 0.3) is 11.2 Å². The van der Waals surface area contributed by atoms with Crippen molar-refractivity contribution in [2.24, 2.45) is 11.1 Å². The number of carbonyl (C=O) groups is 1. The summed E-state index contributed by atoms with van der Waals surface area (Å²) in [5.41, 5.74) is 5.19. The Labute approximate surface area is 225 Å². The Morgan fingerprint density at radius 1 is 1.10 bits per heavy atom. The Kier molecular flexibility index (Phi) is 8.34. The van der Waals surface area contributed by atoms with Gasteiger partial charge in [-0.1, -0.05) is 19.9 Å². The van der Waals surface area contributed by atoms with E-state index in [1.165, 1.54) is 6.07 Å². The summed E-state index contributed by atoms with van der Waals surface area (Å²) < 4.78 is 47.5. The third-order valence-electron chi connectivity index (χ3n) is 7.56. The van der Waals surface area contributed by atoms with Crippen molar-refractivity contribution >= 4 is 35.2 Å². The molecule has 12 heteroatoms. The largest absolute Gasteiger partial charge is 0.416 e. The van der Waals surface area contributed by atoms with Crippen LogP contribution in [0.15, 0.2) is 30.5 Å². The summed E-state index contributed by atoms with van der Waals surface area (Å²) in [7, 11) is 0. The Bertz CT molecular complexity index is 1280.